The van der Waals surface area contributed by atoms with Gasteiger partial charge < -0.3 is 4.74 Å². The lowest BCUT2D eigenvalue weighted by Gasteiger charge is -2.40. The third kappa shape index (κ3) is 4.06. The molecule has 0 N–H and O–H groups in total. The third-order valence-corrected chi connectivity index (χ3v) is 3.16. The van der Waals surface area contributed by atoms with Gasteiger partial charge in [-0.05, 0) is 27.2 Å². The molecule has 0 spiro atoms. The lowest BCUT2D eigenvalue weighted by atomic mass is 9.74. The van der Waals surface area contributed by atoms with E-state index in [4.69, 9.17) is 4.74 Å². The summed E-state index contributed by atoms with van der Waals surface area (Å²) in [5.74, 6) is -0.258. The number of rotatable bonds is 5. The Morgan fingerprint density at radius 2 is 1.80 bits per heavy atom. The van der Waals surface area contributed by atoms with Gasteiger partial charge in [0.1, 0.15) is 5.60 Å². The zero-order valence-electron chi connectivity index (χ0n) is 10.9. The van der Waals surface area contributed by atoms with E-state index >= 15 is 0 Å². The monoisotopic (exact) mass is 212 g/mol. The second kappa shape index (κ2) is 5.34. The minimum atomic E-state index is -0.431. The van der Waals surface area contributed by atoms with Crippen molar-refractivity contribution in [1.82, 2.24) is 0 Å². The highest BCUT2D eigenvalue weighted by Crippen LogP contribution is 2.37. The summed E-state index contributed by atoms with van der Waals surface area (Å²) in [5, 5.41) is 0. The Balaban J connectivity index is 4.59. The standard InChI is InChI=1S/C13H24O2/c1-7-9-11(14)15-13(5,6)12(3,4)10-8-2/h7,9H,8,10H2,1-6H3/b9-7+. The molecule has 0 saturated heterocycles. The highest BCUT2D eigenvalue weighted by Gasteiger charge is 2.39. The van der Waals surface area contributed by atoms with Gasteiger partial charge in [0.25, 0.3) is 0 Å². The van der Waals surface area contributed by atoms with Crippen LogP contribution >= 0.6 is 0 Å². The molecule has 0 fully saturated rings. The molecule has 0 aliphatic carbocycles. The van der Waals surface area contributed by atoms with Crippen molar-refractivity contribution in [1.29, 1.82) is 0 Å². The molecule has 0 amide bonds. The topological polar surface area (TPSA) is 26.3 Å². The van der Waals surface area contributed by atoms with Crippen molar-refractivity contribution in [3.8, 4) is 0 Å². The van der Waals surface area contributed by atoms with E-state index in [1.54, 1.807) is 6.08 Å². The van der Waals surface area contributed by atoms with Crippen molar-refractivity contribution >= 4 is 5.97 Å². The van der Waals surface area contributed by atoms with E-state index in [0.717, 1.165) is 12.8 Å². The van der Waals surface area contributed by atoms with Crippen molar-refractivity contribution in [2.24, 2.45) is 5.41 Å². The normalized spacial score (nSPS) is 13.2. The fourth-order valence-electron chi connectivity index (χ4n) is 1.49. The van der Waals surface area contributed by atoms with E-state index in [2.05, 4.69) is 20.8 Å². The van der Waals surface area contributed by atoms with Gasteiger partial charge in [0.05, 0.1) is 0 Å². The third-order valence-electron chi connectivity index (χ3n) is 3.16. The van der Waals surface area contributed by atoms with Gasteiger partial charge in [-0.1, -0.05) is 33.3 Å². The lowest BCUT2D eigenvalue weighted by Crippen LogP contribution is -2.42. The van der Waals surface area contributed by atoms with Gasteiger partial charge in [-0.25, -0.2) is 4.79 Å². The SMILES string of the molecule is C/C=C/C(=O)OC(C)(C)C(C)(C)CCC. The Morgan fingerprint density at radius 1 is 1.27 bits per heavy atom. The number of hydrogen-bond acceptors (Lipinski definition) is 2. The molecule has 2 heteroatoms. The first kappa shape index (κ1) is 14.2. The minimum absolute atomic E-state index is 0.00100. The fraction of sp³-hybridized carbons (Fsp3) is 0.769. The van der Waals surface area contributed by atoms with Crippen molar-refractivity contribution in [2.75, 3.05) is 0 Å². The maximum Gasteiger partial charge on any atom is 0.330 e. The lowest BCUT2D eigenvalue weighted by molar-refractivity contribution is -0.162. The van der Waals surface area contributed by atoms with Crippen molar-refractivity contribution in [3.63, 3.8) is 0 Å². The molecular weight excluding hydrogens is 188 g/mol. The minimum Gasteiger partial charge on any atom is -0.456 e. The summed E-state index contributed by atoms with van der Waals surface area (Å²) < 4.78 is 5.47. The molecule has 0 radical (unpaired) electrons. The smallest absolute Gasteiger partial charge is 0.330 e. The molecule has 15 heavy (non-hydrogen) atoms. The van der Waals surface area contributed by atoms with Gasteiger partial charge in [-0.2, -0.15) is 0 Å². The van der Waals surface area contributed by atoms with Crippen LogP contribution in [-0.2, 0) is 9.53 Å². The van der Waals surface area contributed by atoms with Crippen LogP contribution in [0.3, 0.4) is 0 Å². The highest BCUT2D eigenvalue weighted by atomic mass is 16.6. The first-order chi connectivity index (χ1) is 6.77. The Hall–Kier alpha value is -0.790. The summed E-state index contributed by atoms with van der Waals surface area (Å²) in [6, 6.07) is 0. The molecule has 88 valence electrons. The number of carbonyl (C=O) groups is 1. The summed E-state index contributed by atoms with van der Waals surface area (Å²) in [4.78, 5) is 11.4. The van der Waals surface area contributed by atoms with Gasteiger partial charge in [-0.15, -0.1) is 0 Å². The molecule has 0 heterocycles. The van der Waals surface area contributed by atoms with Crippen LogP contribution in [0.25, 0.3) is 0 Å². The summed E-state index contributed by atoms with van der Waals surface area (Å²) in [6.07, 6.45) is 5.30. The van der Waals surface area contributed by atoms with Gasteiger partial charge in [0.2, 0.25) is 0 Å². The second-order valence-corrected chi connectivity index (χ2v) is 5.07. The zero-order valence-corrected chi connectivity index (χ0v) is 10.9. The quantitative estimate of drug-likeness (QED) is 0.513. The van der Waals surface area contributed by atoms with Crippen LogP contribution < -0.4 is 0 Å². The van der Waals surface area contributed by atoms with Crippen molar-refractivity contribution < 1.29 is 9.53 Å². The van der Waals surface area contributed by atoms with E-state index in [0.29, 0.717) is 0 Å². The highest BCUT2D eigenvalue weighted by molar-refractivity contribution is 5.82. The molecule has 0 bridgehead atoms. The Kier molecular flexibility index (Phi) is 5.06. The van der Waals surface area contributed by atoms with E-state index in [-0.39, 0.29) is 11.4 Å². The molecule has 2 nitrogen and oxygen atoms in total. The van der Waals surface area contributed by atoms with Crippen LogP contribution in [0.4, 0.5) is 0 Å². The van der Waals surface area contributed by atoms with Gasteiger partial charge in [0.15, 0.2) is 0 Å². The number of esters is 1. The van der Waals surface area contributed by atoms with Gasteiger partial charge >= 0.3 is 5.97 Å². The van der Waals surface area contributed by atoms with Crippen LogP contribution in [0.2, 0.25) is 0 Å². The van der Waals surface area contributed by atoms with Crippen LogP contribution in [-0.4, -0.2) is 11.6 Å². The van der Waals surface area contributed by atoms with Crippen molar-refractivity contribution in [2.45, 2.75) is 60.0 Å². The summed E-state index contributed by atoms with van der Waals surface area (Å²) in [7, 11) is 0. The molecule has 0 aromatic carbocycles. The van der Waals surface area contributed by atoms with E-state index < -0.39 is 5.60 Å². The predicted octanol–water partition coefficient (Wildman–Crippen LogP) is 3.71. The largest absolute Gasteiger partial charge is 0.456 e. The maximum absolute atomic E-state index is 11.4. The summed E-state index contributed by atoms with van der Waals surface area (Å²) in [6.45, 7) is 12.2. The Labute approximate surface area is 93.7 Å². The number of hydrogen-bond donors (Lipinski definition) is 0. The predicted molar refractivity (Wildman–Crippen MR) is 63.7 cm³/mol. The number of carbonyl (C=O) groups excluding carboxylic acids is 1. The zero-order chi connectivity index (χ0) is 12.1. The Bertz CT molecular complexity index is 237. The number of ether oxygens (including phenoxy) is 1. The molecule has 0 aromatic heterocycles. The summed E-state index contributed by atoms with van der Waals surface area (Å²) >= 11 is 0. The number of allylic oxidation sites excluding steroid dienone is 1. The Morgan fingerprint density at radius 3 is 2.20 bits per heavy atom. The van der Waals surface area contributed by atoms with E-state index in [1.807, 2.05) is 20.8 Å². The van der Waals surface area contributed by atoms with Gasteiger partial charge in [0, 0.05) is 11.5 Å². The first-order valence-corrected chi connectivity index (χ1v) is 5.62. The second-order valence-electron chi connectivity index (χ2n) is 5.07. The molecule has 0 aliphatic heterocycles. The van der Waals surface area contributed by atoms with Crippen LogP contribution in [0.15, 0.2) is 12.2 Å². The fourth-order valence-corrected chi connectivity index (χ4v) is 1.49. The van der Waals surface area contributed by atoms with Crippen LogP contribution in [0.1, 0.15) is 54.4 Å². The average molecular weight is 212 g/mol. The van der Waals surface area contributed by atoms with E-state index in [9.17, 15) is 4.79 Å². The molecule has 0 aromatic rings. The first-order valence-electron chi connectivity index (χ1n) is 5.62. The molecule has 0 atom stereocenters. The molecular formula is C13H24O2. The van der Waals surface area contributed by atoms with E-state index in [1.165, 1.54) is 6.08 Å². The molecule has 0 saturated carbocycles. The summed E-state index contributed by atoms with van der Waals surface area (Å²) in [5.41, 5.74) is -0.432. The van der Waals surface area contributed by atoms with Crippen LogP contribution in [0.5, 0.6) is 0 Å². The average Bonchev–Trinajstić information content (AvgIpc) is 2.02. The maximum atomic E-state index is 11.4. The molecule has 0 unspecified atom stereocenters. The molecule has 0 rings (SSSR count). The van der Waals surface area contributed by atoms with Crippen molar-refractivity contribution in [3.05, 3.63) is 12.2 Å². The van der Waals surface area contributed by atoms with Gasteiger partial charge in [-0.3, -0.25) is 0 Å². The van der Waals surface area contributed by atoms with Crippen LogP contribution in [0, 0.1) is 5.41 Å². The molecule has 0 aliphatic rings.